The smallest absolute Gasteiger partial charge is 0.430 e. The molecule has 0 fully saturated rings. The average Bonchev–Trinajstić information content (AvgIpc) is 2.50. The minimum atomic E-state index is -5.94. The van der Waals surface area contributed by atoms with Gasteiger partial charge < -0.3 is 14.6 Å². The van der Waals surface area contributed by atoms with Crippen molar-refractivity contribution in [3.8, 4) is 5.75 Å². The molecular weight excluding hydrogens is 402 g/mol. The summed E-state index contributed by atoms with van der Waals surface area (Å²) < 4.78 is 89.6. The zero-order valence-corrected chi connectivity index (χ0v) is 17.5. The number of aliphatic hydroxyl groups is 1. The number of hydrogen-bond acceptors (Lipinski definition) is 3. The number of hydrogen-bond donors (Lipinski definition) is 1. The van der Waals surface area contributed by atoms with Gasteiger partial charge in [0.2, 0.25) is 6.29 Å². The van der Waals surface area contributed by atoms with Gasteiger partial charge in [-0.3, -0.25) is 0 Å². The van der Waals surface area contributed by atoms with Gasteiger partial charge in [0, 0.05) is 11.0 Å². The second-order valence-corrected chi connectivity index (χ2v) is 9.19. The Kier molecular flexibility index (Phi) is 7.03. The van der Waals surface area contributed by atoms with Crippen LogP contribution in [0.3, 0.4) is 0 Å². The molecule has 0 heterocycles. The minimum absolute atomic E-state index is 0.0153. The second kappa shape index (κ2) is 7.98. The molecule has 168 valence electrons. The molecule has 0 aliphatic heterocycles. The molecule has 0 aromatic heterocycles. The quantitative estimate of drug-likeness (QED) is 0.447. The molecule has 0 spiro atoms. The predicted molar refractivity (Wildman–Crippen MR) is 96.3 cm³/mol. The van der Waals surface area contributed by atoms with Gasteiger partial charge in [-0.25, -0.2) is 0 Å². The molecule has 0 aliphatic rings. The summed E-state index contributed by atoms with van der Waals surface area (Å²) in [6, 6.07) is 2.98. The lowest BCUT2D eigenvalue weighted by molar-refractivity contribution is -0.376. The van der Waals surface area contributed by atoms with Gasteiger partial charge >= 0.3 is 12.4 Å². The molecular formula is C20H28F6O3. The molecule has 1 N–H and O–H groups in total. The molecule has 0 saturated heterocycles. The van der Waals surface area contributed by atoms with Crippen LogP contribution in [0.5, 0.6) is 5.75 Å². The Labute approximate surface area is 167 Å². The standard InChI is InChI=1S/C20H28F6O3/c1-12(16(2,3)4)28-15(17(5,6)7)29-14-10-8-13(9-11-14)18(27,19(21,22)23)20(24,25)26/h8-12,15,27H,1-7H3. The van der Waals surface area contributed by atoms with Crippen LogP contribution in [0.4, 0.5) is 26.3 Å². The van der Waals surface area contributed by atoms with Gasteiger partial charge in [0.15, 0.2) is 0 Å². The van der Waals surface area contributed by atoms with Crippen molar-refractivity contribution in [2.24, 2.45) is 10.8 Å². The van der Waals surface area contributed by atoms with Gasteiger partial charge in [0.1, 0.15) is 5.75 Å². The molecule has 1 rings (SSSR count). The third-order valence-electron chi connectivity index (χ3n) is 4.59. The first-order chi connectivity index (χ1) is 12.7. The maximum atomic E-state index is 13.0. The minimum Gasteiger partial charge on any atom is -0.464 e. The molecule has 0 radical (unpaired) electrons. The first-order valence-electron chi connectivity index (χ1n) is 8.99. The summed E-state index contributed by atoms with van der Waals surface area (Å²) in [4.78, 5) is 0. The van der Waals surface area contributed by atoms with Crippen LogP contribution in [0.2, 0.25) is 0 Å². The summed E-state index contributed by atoms with van der Waals surface area (Å²) >= 11 is 0. The normalized spacial score (nSPS) is 16.5. The van der Waals surface area contributed by atoms with Crippen LogP contribution in [-0.2, 0) is 10.3 Å². The Morgan fingerprint density at radius 2 is 1.17 bits per heavy atom. The van der Waals surface area contributed by atoms with Crippen molar-refractivity contribution < 1.29 is 40.9 Å². The molecule has 1 aromatic carbocycles. The number of halogens is 6. The summed E-state index contributed by atoms with van der Waals surface area (Å²) in [5, 5.41) is 9.45. The lowest BCUT2D eigenvalue weighted by Crippen LogP contribution is -2.53. The SMILES string of the molecule is CC(OC(Oc1ccc(C(O)(C(F)(F)F)C(F)(F)F)cc1)C(C)(C)C)C(C)(C)C. The fraction of sp³-hybridized carbons (Fsp3) is 0.700. The van der Waals surface area contributed by atoms with Crippen molar-refractivity contribution in [3.63, 3.8) is 0 Å². The van der Waals surface area contributed by atoms with Crippen molar-refractivity contribution in [1.29, 1.82) is 0 Å². The van der Waals surface area contributed by atoms with Crippen LogP contribution in [0.25, 0.3) is 0 Å². The molecule has 0 aliphatic carbocycles. The zero-order chi connectivity index (χ0) is 23.1. The van der Waals surface area contributed by atoms with Crippen molar-refractivity contribution in [2.75, 3.05) is 0 Å². The highest BCUT2D eigenvalue weighted by Crippen LogP contribution is 2.50. The van der Waals surface area contributed by atoms with Gasteiger partial charge in [0.25, 0.3) is 5.60 Å². The molecule has 1 aromatic rings. The van der Waals surface area contributed by atoms with Crippen molar-refractivity contribution in [1.82, 2.24) is 0 Å². The van der Waals surface area contributed by atoms with E-state index in [9.17, 15) is 31.4 Å². The summed E-state index contributed by atoms with van der Waals surface area (Å²) in [5.41, 5.74) is -7.07. The number of alkyl halides is 6. The lowest BCUT2D eigenvalue weighted by Gasteiger charge is -2.37. The van der Waals surface area contributed by atoms with Gasteiger partial charge in [-0.05, 0) is 24.5 Å². The monoisotopic (exact) mass is 430 g/mol. The third kappa shape index (κ3) is 5.78. The van der Waals surface area contributed by atoms with E-state index in [1.807, 2.05) is 48.5 Å². The predicted octanol–water partition coefficient (Wildman–Crippen LogP) is 6.20. The largest absolute Gasteiger partial charge is 0.464 e. The second-order valence-electron chi connectivity index (χ2n) is 9.19. The third-order valence-corrected chi connectivity index (χ3v) is 4.59. The van der Waals surface area contributed by atoms with Crippen LogP contribution in [-0.4, -0.2) is 29.9 Å². The van der Waals surface area contributed by atoms with Gasteiger partial charge in [-0.15, -0.1) is 0 Å². The number of ether oxygens (including phenoxy) is 2. The average molecular weight is 430 g/mol. The molecule has 2 unspecified atom stereocenters. The fourth-order valence-electron chi connectivity index (χ4n) is 2.18. The first kappa shape index (κ1) is 25.6. The highest BCUT2D eigenvalue weighted by atomic mass is 19.4. The van der Waals surface area contributed by atoms with Gasteiger partial charge in [0.05, 0.1) is 6.10 Å². The molecule has 0 amide bonds. The van der Waals surface area contributed by atoms with E-state index >= 15 is 0 Å². The van der Waals surface area contributed by atoms with Gasteiger partial charge in [-0.1, -0.05) is 53.7 Å². The van der Waals surface area contributed by atoms with E-state index in [-0.39, 0.29) is 17.3 Å². The van der Waals surface area contributed by atoms with Crippen molar-refractivity contribution in [3.05, 3.63) is 29.8 Å². The van der Waals surface area contributed by atoms with E-state index in [0.717, 1.165) is 12.1 Å². The molecule has 2 atom stereocenters. The van der Waals surface area contributed by atoms with E-state index < -0.39 is 35.2 Å². The van der Waals surface area contributed by atoms with E-state index in [4.69, 9.17) is 9.47 Å². The van der Waals surface area contributed by atoms with E-state index in [0.29, 0.717) is 12.1 Å². The summed E-state index contributed by atoms with van der Waals surface area (Å²) in [6.45, 7) is 13.2. The number of benzene rings is 1. The fourth-order valence-corrected chi connectivity index (χ4v) is 2.18. The Bertz CT molecular complexity index is 652. The Morgan fingerprint density at radius 3 is 1.48 bits per heavy atom. The van der Waals surface area contributed by atoms with Crippen molar-refractivity contribution in [2.45, 2.75) is 78.8 Å². The molecule has 0 saturated carbocycles. The van der Waals surface area contributed by atoms with Crippen LogP contribution in [0, 0.1) is 10.8 Å². The Morgan fingerprint density at radius 1 is 0.759 bits per heavy atom. The molecule has 0 bridgehead atoms. The molecule has 9 heteroatoms. The maximum Gasteiger partial charge on any atom is 0.430 e. The highest BCUT2D eigenvalue weighted by Gasteiger charge is 2.71. The summed E-state index contributed by atoms with van der Waals surface area (Å²) in [5.74, 6) is 0.0153. The highest BCUT2D eigenvalue weighted by molar-refractivity contribution is 5.33. The van der Waals surface area contributed by atoms with E-state index in [1.54, 1.807) is 0 Å². The Balaban J connectivity index is 3.19. The summed E-state index contributed by atoms with van der Waals surface area (Å²) in [6.07, 6.45) is -12.9. The van der Waals surface area contributed by atoms with Crippen LogP contribution >= 0.6 is 0 Å². The van der Waals surface area contributed by atoms with Crippen LogP contribution < -0.4 is 4.74 Å². The van der Waals surface area contributed by atoms with E-state index in [1.165, 1.54) is 0 Å². The Hall–Kier alpha value is -1.48. The van der Waals surface area contributed by atoms with Crippen LogP contribution in [0.15, 0.2) is 24.3 Å². The van der Waals surface area contributed by atoms with Crippen molar-refractivity contribution >= 4 is 0 Å². The topological polar surface area (TPSA) is 38.7 Å². The van der Waals surface area contributed by atoms with Crippen LogP contribution in [0.1, 0.15) is 54.0 Å². The van der Waals surface area contributed by atoms with E-state index in [2.05, 4.69) is 0 Å². The van der Waals surface area contributed by atoms with Gasteiger partial charge in [-0.2, -0.15) is 26.3 Å². The zero-order valence-electron chi connectivity index (χ0n) is 17.5. The lowest BCUT2D eigenvalue weighted by atomic mass is 9.89. The molecule has 3 nitrogen and oxygen atoms in total. The number of rotatable bonds is 5. The maximum absolute atomic E-state index is 13.0. The first-order valence-corrected chi connectivity index (χ1v) is 8.99. The molecule has 29 heavy (non-hydrogen) atoms. The summed E-state index contributed by atoms with van der Waals surface area (Å²) in [7, 11) is 0.